The van der Waals surface area contributed by atoms with E-state index in [4.69, 9.17) is 16.0 Å². The third kappa shape index (κ3) is 7.78. The van der Waals surface area contributed by atoms with Crippen LogP contribution in [0.2, 0.25) is 0 Å². The minimum Gasteiger partial charge on any atom is -0.0622 e. The van der Waals surface area contributed by atoms with E-state index in [2.05, 4.69) is 109 Å². The largest absolute Gasteiger partial charge is 0.0622 e. The maximum absolute atomic E-state index is 5.42. The van der Waals surface area contributed by atoms with Gasteiger partial charge in [0.15, 0.2) is 0 Å². The van der Waals surface area contributed by atoms with Crippen LogP contribution in [0.1, 0.15) is 19.3 Å². The van der Waals surface area contributed by atoms with Gasteiger partial charge in [0, 0.05) is 0 Å². The van der Waals surface area contributed by atoms with Crippen LogP contribution in [0.15, 0.2) is 121 Å². The molecule has 0 unspecified atom stereocenters. The maximum atomic E-state index is 5.42. The summed E-state index contributed by atoms with van der Waals surface area (Å²) in [6.45, 7) is 0. The summed E-state index contributed by atoms with van der Waals surface area (Å²) >= 11 is 5.42. The second-order valence-corrected chi connectivity index (χ2v) is 13.5. The molecule has 0 heterocycles. The molecule has 1 saturated carbocycles. The summed E-state index contributed by atoms with van der Waals surface area (Å²) in [5.74, 6) is 0.969. The third-order valence-corrected chi connectivity index (χ3v) is 11.7. The first-order valence-corrected chi connectivity index (χ1v) is 15.3. The van der Waals surface area contributed by atoms with Crippen molar-refractivity contribution in [3.05, 3.63) is 121 Å². The molecule has 0 bridgehead atoms. The molecule has 0 nitrogen and oxygen atoms in total. The van der Waals surface area contributed by atoms with Gasteiger partial charge in [-0.3, -0.25) is 0 Å². The first kappa shape index (κ1) is 27.1. The topological polar surface area (TPSA) is 0 Å². The van der Waals surface area contributed by atoms with Gasteiger partial charge in [-0.25, -0.2) is 0 Å². The Hall–Kier alpha value is -1.45. The SMILES string of the molecule is Cl.[Cu][CH2]P(c1ccccc1)c1ccccc1.c1ccc(P(CC2CCC2)c2ccccc2)cc1. The standard InChI is InChI=1S/C17H19P.C13H12P.ClH.Cu/c1-3-10-16(11-4-1)18(14-15-8-7-9-15)17-12-5-2-6-13-17;1-14(12-8-4-2-5-9-12)13-10-6-3-7-11-13;;/h1-6,10-13,15H,7-9,14H2;2-11H,1H2;1H;. The van der Waals surface area contributed by atoms with Gasteiger partial charge >= 0.3 is 100 Å². The zero-order valence-electron chi connectivity index (χ0n) is 19.3. The Morgan fingerprint density at radius 3 is 1.12 bits per heavy atom. The average Bonchev–Trinajstić information content (AvgIpc) is 2.87. The average molecular weight is 554 g/mol. The van der Waals surface area contributed by atoms with Crippen molar-refractivity contribution in [3.8, 4) is 0 Å². The van der Waals surface area contributed by atoms with E-state index in [9.17, 15) is 0 Å². The first-order valence-electron chi connectivity index (χ1n) is 11.6. The molecule has 0 spiro atoms. The second-order valence-electron chi connectivity index (χ2n) is 8.27. The minimum atomic E-state index is -0.343. The summed E-state index contributed by atoms with van der Waals surface area (Å²) in [6, 6.07) is 43.2. The molecule has 0 N–H and O–H groups in total. The predicted molar refractivity (Wildman–Crippen MR) is 152 cm³/mol. The van der Waals surface area contributed by atoms with Crippen molar-refractivity contribution in [3.63, 3.8) is 0 Å². The van der Waals surface area contributed by atoms with E-state index in [0.29, 0.717) is 0 Å². The fraction of sp³-hybridized carbons (Fsp3) is 0.200. The molecule has 180 valence electrons. The molecule has 0 amide bonds. The Morgan fingerprint density at radius 1 is 0.529 bits per heavy atom. The molecule has 1 fully saturated rings. The van der Waals surface area contributed by atoms with Crippen LogP contribution >= 0.6 is 28.3 Å². The number of rotatable bonds is 7. The Morgan fingerprint density at radius 2 is 0.853 bits per heavy atom. The molecule has 5 rings (SSSR count). The van der Waals surface area contributed by atoms with Gasteiger partial charge in [0.25, 0.3) is 0 Å². The summed E-state index contributed by atoms with van der Waals surface area (Å²) < 4.78 is 0. The van der Waals surface area contributed by atoms with Crippen LogP contribution in [-0.4, -0.2) is 11.2 Å². The van der Waals surface area contributed by atoms with Gasteiger partial charge in [-0.1, -0.05) is 79.9 Å². The van der Waals surface area contributed by atoms with E-state index < -0.39 is 0 Å². The van der Waals surface area contributed by atoms with E-state index in [-0.39, 0.29) is 28.3 Å². The van der Waals surface area contributed by atoms with Gasteiger partial charge in [0.2, 0.25) is 0 Å². The van der Waals surface area contributed by atoms with Crippen molar-refractivity contribution in [1.29, 1.82) is 0 Å². The molecular formula is C30H32ClCuP2. The minimum absolute atomic E-state index is 0. The van der Waals surface area contributed by atoms with Crippen molar-refractivity contribution >= 4 is 49.5 Å². The molecule has 0 saturated heterocycles. The van der Waals surface area contributed by atoms with Gasteiger partial charge in [-0.2, -0.15) is 0 Å². The number of hydrogen-bond donors (Lipinski definition) is 0. The summed E-state index contributed by atoms with van der Waals surface area (Å²) in [6.07, 6.45) is 5.71. The van der Waals surface area contributed by atoms with Crippen LogP contribution in [0.25, 0.3) is 0 Å². The van der Waals surface area contributed by atoms with Crippen molar-refractivity contribution in [2.75, 3.05) is 11.2 Å². The quantitative estimate of drug-likeness (QED) is 0.171. The molecule has 34 heavy (non-hydrogen) atoms. The van der Waals surface area contributed by atoms with Crippen LogP contribution in [0.5, 0.6) is 0 Å². The summed E-state index contributed by atoms with van der Waals surface area (Å²) in [7, 11) is -0.488. The third-order valence-electron chi connectivity index (χ3n) is 6.03. The zero-order valence-corrected chi connectivity index (χ0v) is 22.8. The van der Waals surface area contributed by atoms with E-state index in [1.54, 1.807) is 0 Å². The van der Waals surface area contributed by atoms with Gasteiger partial charge in [-0.15, -0.1) is 12.4 Å². The van der Waals surface area contributed by atoms with Crippen molar-refractivity contribution < 1.29 is 16.0 Å². The predicted octanol–water partition coefficient (Wildman–Crippen LogP) is 6.96. The molecule has 1 aliphatic carbocycles. The second kappa shape index (κ2) is 14.8. The Kier molecular flexibility index (Phi) is 11.8. The monoisotopic (exact) mass is 552 g/mol. The number of hydrogen-bond acceptors (Lipinski definition) is 0. The molecular weight excluding hydrogens is 521 g/mol. The summed E-state index contributed by atoms with van der Waals surface area (Å²) in [4.78, 5) is 0. The summed E-state index contributed by atoms with van der Waals surface area (Å²) in [5, 5.41) is 6.57. The normalized spacial score (nSPS) is 12.9. The van der Waals surface area contributed by atoms with E-state index in [1.165, 1.54) is 46.6 Å². The van der Waals surface area contributed by atoms with Crippen LogP contribution in [0.3, 0.4) is 0 Å². The molecule has 4 aromatic carbocycles. The van der Waals surface area contributed by atoms with Crippen molar-refractivity contribution in [2.24, 2.45) is 5.92 Å². The van der Waals surface area contributed by atoms with Gasteiger partial charge in [0.1, 0.15) is 0 Å². The molecule has 0 radical (unpaired) electrons. The van der Waals surface area contributed by atoms with Crippen LogP contribution in [0.4, 0.5) is 0 Å². The number of benzene rings is 4. The van der Waals surface area contributed by atoms with E-state index in [1.807, 2.05) is 12.1 Å². The molecule has 0 aliphatic heterocycles. The van der Waals surface area contributed by atoms with Crippen LogP contribution in [0, 0.1) is 5.92 Å². The molecule has 0 aromatic heterocycles. The smallest absolute Gasteiger partial charge is 0.0195 e. The number of halogens is 1. The Bertz CT molecular complexity index is 979. The van der Waals surface area contributed by atoms with Gasteiger partial charge in [-0.05, 0) is 30.6 Å². The Balaban J connectivity index is 0.000000188. The molecule has 0 atom stereocenters. The zero-order chi connectivity index (χ0) is 22.7. The van der Waals surface area contributed by atoms with E-state index >= 15 is 0 Å². The fourth-order valence-corrected chi connectivity index (χ4v) is 9.26. The fourth-order valence-electron chi connectivity index (χ4n) is 3.98. The van der Waals surface area contributed by atoms with Crippen molar-refractivity contribution in [1.82, 2.24) is 0 Å². The van der Waals surface area contributed by atoms with Crippen molar-refractivity contribution in [2.45, 2.75) is 19.3 Å². The summed E-state index contributed by atoms with van der Waals surface area (Å²) in [5.41, 5.74) is 0. The van der Waals surface area contributed by atoms with Crippen LogP contribution < -0.4 is 21.2 Å². The molecule has 4 aromatic rings. The molecule has 1 aliphatic rings. The van der Waals surface area contributed by atoms with E-state index in [0.717, 1.165) is 11.0 Å². The Labute approximate surface area is 222 Å². The first-order chi connectivity index (χ1) is 16.3. The molecule has 4 heteroatoms. The van der Waals surface area contributed by atoms with Crippen LogP contribution in [-0.2, 0) is 16.0 Å². The van der Waals surface area contributed by atoms with Gasteiger partial charge < -0.3 is 0 Å². The maximum Gasteiger partial charge on any atom is -0.0195 e. The van der Waals surface area contributed by atoms with Gasteiger partial charge in [0.05, 0.1) is 0 Å².